The highest BCUT2D eigenvalue weighted by Gasteiger charge is 2.39. The standard InChI is InChI=1S/C27H27N2O6/c30-24(11-9-17-15-28-21-7-3-1-5-19(17)21)34-23-13-14-33-27(32)26(23)35-25(31)12-10-18-16-29-22-8-4-2-6-20(18)22/h1-8,13,15-16,23,26-29,32H,9-12,14H2/t23-,26+,27?/m0/s1. The maximum Gasteiger partial charge on any atom is 0.306 e. The summed E-state index contributed by atoms with van der Waals surface area (Å²) in [7, 11) is 0. The van der Waals surface area contributed by atoms with Crippen molar-refractivity contribution in [1.82, 2.24) is 9.97 Å². The third-order valence-corrected chi connectivity index (χ3v) is 6.28. The lowest BCUT2D eigenvalue weighted by Gasteiger charge is -2.34. The largest absolute Gasteiger partial charge is 0.458 e. The van der Waals surface area contributed by atoms with Gasteiger partial charge >= 0.3 is 11.9 Å². The van der Waals surface area contributed by atoms with Crippen LogP contribution in [0.2, 0.25) is 0 Å². The lowest BCUT2D eigenvalue weighted by atomic mass is 10.1. The van der Waals surface area contributed by atoms with Gasteiger partial charge in [0.15, 0.2) is 12.4 Å². The molecule has 35 heavy (non-hydrogen) atoms. The number of aromatic amines is 2. The Balaban J connectivity index is 1.16. The van der Waals surface area contributed by atoms with E-state index in [1.54, 1.807) is 6.42 Å². The number of carbonyl (C=O) groups is 2. The Bertz CT molecular complexity index is 1330. The average Bonchev–Trinajstić information content (AvgIpc) is 3.48. The molecule has 2 aromatic heterocycles. The predicted octanol–water partition coefficient (Wildman–Crippen LogP) is 3.59. The van der Waals surface area contributed by atoms with E-state index < -0.39 is 30.4 Å². The van der Waals surface area contributed by atoms with E-state index in [4.69, 9.17) is 14.2 Å². The third kappa shape index (κ3) is 5.23. The normalized spacial score (nSPS) is 20.2. The molecule has 5 rings (SSSR count). The highest BCUT2D eigenvalue weighted by Crippen LogP contribution is 2.23. The number of fused-ring (bicyclic) bond motifs is 2. The smallest absolute Gasteiger partial charge is 0.306 e. The molecule has 8 heteroatoms. The van der Waals surface area contributed by atoms with Gasteiger partial charge in [-0.3, -0.25) is 9.59 Å². The van der Waals surface area contributed by atoms with Gasteiger partial charge in [0, 0.05) is 53.5 Å². The summed E-state index contributed by atoms with van der Waals surface area (Å²) in [5.74, 6) is -0.941. The van der Waals surface area contributed by atoms with Gasteiger partial charge in [-0.2, -0.15) is 0 Å². The fraction of sp³-hybridized carbons (Fsp3) is 0.296. The summed E-state index contributed by atoms with van der Waals surface area (Å²) >= 11 is 0. The number of rotatable bonds is 8. The van der Waals surface area contributed by atoms with E-state index in [0.717, 1.165) is 32.9 Å². The molecule has 8 nitrogen and oxygen atoms in total. The van der Waals surface area contributed by atoms with Crippen molar-refractivity contribution in [3.63, 3.8) is 0 Å². The van der Waals surface area contributed by atoms with Crippen molar-refractivity contribution < 1.29 is 28.9 Å². The van der Waals surface area contributed by atoms with Gasteiger partial charge in [0.25, 0.3) is 0 Å². The topological polar surface area (TPSA) is 114 Å². The maximum atomic E-state index is 12.6. The molecule has 0 aliphatic carbocycles. The molecule has 0 spiro atoms. The molecule has 4 aromatic rings. The Morgan fingerprint density at radius 1 is 0.857 bits per heavy atom. The molecule has 3 N–H and O–H groups in total. The summed E-state index contributed by atoms with van der Waals surface area (Å²) in [6, 6.07) is 15.7. The average molecular weight is 476 g/mol. The highest BCUT2D eigenvalue weighted by atomic mass is 16.7. The van der Waals surface area contributed by atoms with Gasteiger partial charge in [0.1, 0.15) is 6.10 Å². The van der Waals surface area contributed by atoms with Gasteiger partial charge in [-0.1, -0.05) is 36.4 Å². The molecule has 1 aliphatic rings. The number of nitrogens with one attached hydrogen (secondary N) is 2. The lowest BCUT2D eigenvalue weighted by Crippen LogP contribution is -2.49. The number of aliphatic hydroxyl groups is 1. The molecule has 0 saturated carbocycles. The fourth-order valence-electron chi connectivity index (χ4n) is 4.45. The van der Waals surface area contributed by atoms with Crippen LogP contribution in [0.1, 0.15) is 24.0 Å². The molecule has 0 amide bonds. The zero-order valence-corrected chi connectivity index (χ0v) is 19.1. The van der Waals surface area contributed by atoms with Gasteiger partial charge in [0.05, 0.1) is 6.61 Å². The van der Waals surface area contributed by atoms with Crippen molar-refractivity contribution in [1.29, 1.82) is 0 Å². The van der Waals surface area contributed by atoms with E-state index in [9.17, 15) is 14.7 Å². The van der Waals surface area contributed by atoms with Crippen molar-refractivity contribution in [2.24, 2.45) is 0 Å². The molecule has 0 bridgehead atoms. The van der Waals surface area contributed by atoms with Crippen LogP contribution in [-0.2, 0) is 36.6 Å². The molecule has 1 saturated heterocycles. The van der Waals surface area contributed by atoms with Crippen LogP contribution in [0, 0.1) is 6.42 Å². The first-order valence-electron chi connectivity index (χ1n) is 11.7. The molecule has 1 radical (unpaired) electrons. The van der Waals surface area contributed by atoms with E-state index >= 15 is 0 Å². The summed E-state index contributed by atoms with van der Waals surface area (Å²) in [6.45, 7) is 0.0882. The number of esters is 2. The lowest BCUT2D eigenvalue weighted by molar-refractivity contribution is -0.226. The number of hydrogen-bond acceptors (Lipinski definition) is 6. The summed E-state index contributed by atoms with van der Waals surface area (Å²) in [5, 5.41) is 12.4. The number of aryl methyl sites for hydroxylation is 2. The summed E-state index contributed by atoms with van der Waals surface area (Å²) < 4.78 is 16.3. The zero-order chi connectivity index (χ0) is 24.2. The number of hydrogen-bond donors (Lipinski definition) is 3. The van der Waals surface area contributed by atoms with Crippen molar-refractivity contribution in [2.75, 3.05) is 6.61 Å². The number of H-pyrrole nitrogens is 2. The van der Waals surface area contributed by atoms with Gasteiger partial charge in [-0.15, -0.1) is 0 Å². The summed E-state index contributed by atoms with van der Waals surface area (Å²) in [4.78, 5) is 31.5. The van der Waals surface area contributed by atoms with Crippen LogP contribution in [-0.4, -0.2) is 52.1 Å². The minimum Gasteiger partial charge on any atom is -0.458 e. The molecule has 1 unspecified atom stereocenters. The Kier molecular flexibility index (Phi) is 6.83. The third-order valence-electron chi connectivity index (χ3n) is 6.28. The monoisotopic (exact) mass is 475 g/mol. The van der Waals surface area contributed by atoms with E-state index in [2.05, 4.69) is 9.97 Å². The molecule has 1 fully saturated rings. The van der Waals surface area contributed by atoms with Crippen molar-refractivity contribution in [2.45, 2.75) is 44.2 Å². The quantitative estimate of drug-likeness (QED) is 0.336. The van der Waals surface area contributed by atoms with Gasteiger partial charge in [-0.05, 0) is 36.1 Å². The summed E-state index contributed by atoms with van der Waals surface area (Å²) in [6.07, 6.45) is 3.24. The number of para-hydroxylation sites is 2. The number of carbonyl (C=O) groups excluding carboxylic acids is 2. The molecular formula is C27H27N2O6. The molecule has 181 valence electrons. The minimum atomic E-state index is -1.37. The van der Waals surface area contributed by atoms with Gasteiger partial charge in [0.2, 0.25) is 0 Å². The molecule has 2 aromatic carbocycles. The zero-order valence-electron chi connectivity index (χ0n) is 19.1. The SMILES string of the molecule is O=C(CCc1c[nH]c2ccccc12)O[C@H]1[CH]COC(O)[C@@H]1OC(=O)CCc1c[nH]c2ccccc12. The van der Waals surface area contributed by atoms with Crippen LogP contribution >= 0.6 is 0 Å². The van der Waals surface area contributed by atoms with Crippen LogP contribution in [0.4, 0.5) is 0 Å². The van der Waals surface area contributed by atoms with E-state index in [-0.39, 0.29) is 19.4 Å². The number of ether oxygens (including phenoxy) is 3. The predicted molar refractivity (Wildman–Crippen MR) is 129 cm³/mol. The van der Waals surface area contributed by atoms with Crippen LogP contribution in [0.5, 0.6) is 0 Å². The number of aliphatic hydroxyl groups excluding tert-OH is 1. The minimum absolute atomic E-state index is 0.0882. The highest BCUT2D eigenvalue weighted by molar-refractivity contribution is 5.84. The van der Waals surface area contributed by atoms with Gasteiger partial charge < -0.3 is 29.3 Å². The Morgan fingerprint density at radius 3 is 2.00 bits per heavy atom. The number of aromatic nitrogens is 2. The van der Waals surface area contributed by atoms with Crippen molar-refractivity contribution in [3.05, 3.63) is 78.5 Å². The Morgan fingerprint density at radius 2 is 1.40 bits per heavy atom. The van der Waals surface area contributed by atoms with E-state index in [1.807, 2.05) is 60.9 Å². The first-order valence-corrected chi connectivity index (χ1v) is 11.7. The van der Waals surface area contributed by atoms with Crippen LogP contribution < -0.4 is 0 Å². The second-order valence-corrected chi connectivity index (χ2v) is 8.59. The second kappa shape index (κ2) is 10.3. The van der Waals surface area contributed by atoms with E-state index in [1.165, 1.54) is 0 Å². The molecule has 3 heterocycles. The number of benzene rings is 2. The Labute approximate surface area is 202 Å². The van der Waals surface area contributed by atoms with Crippen LogP contribution in [0.15, 0.2) is 60.9 Å². The Hall–Kier alpha value is -3.62. The second-order valence-electron chi connectivity index (χ2n) is 8.59. The first kappa shape index (κ1) is 23.1. The molecule has 3 atom stereocenters. The molecule has 1 aliphatic heterocycles. The first-order chi connectivity index (χ1) is 17.1. The van der Waals surface area contributed by atoms with Crippen molar-refractivity contribution >= 4 is 33.7 Å². The van der Waals surface area contributed by atoms with Gasteiger partial charge in [-0.25, -0.2) is 0 Å². The van der Waals surface area contributed by atoms with Crippen LogP contribution in [0.25, 0.3) is 21.8 Å². The maximum absolute atomic E-state index is 12.6. The van der Waals surface area contributed by atoms with Crippen LogP contribution in [0.3, 0.4) is 0 Å². The van der Waals surface area contributed by atoms with Crippen molar-refractivity contribution in [3.8, 4) is 0 Å². The van der Waals surface area contributed by atoms with E-state index in [0.29, 0.717) is 12.8 Å². The fourth-order valence-corrected chi connectivity index (χ4v) is 4.45. The molecular weight excluding hydrogens is 448 g/mol. The summed E-state index contributed by atoms with van der Waals surface area (Å²) in [5.41, 5.74) is 4.04.